The smallest absolute Gasteiger partial charge is 0.216 e. The van der Waals surface area contributed by atoms with Crippen LogP contribution < -0.4 is 5.32 Å². The number of aliphatic hydroxyl groups is 2. The number of hydrogen-bond donors (Lipinski definition) is 4. The van der Waals surface area contributed by atoms with Gasteiger partial charge in [-0.05, 0) is 12.5 Å². The molecule has 1 rings (SSSR count). The van der Waals surface area contributed by atoms with Crippen molar-refractivity contribution < 1.29 is 24.9 Å². The summed E-state index contributed by atoms with van der Waals surface area (Å²) in [5.74, 6) is -0.573. The fourth-order valence-corrected chi connectivity index (χ4v) is 1.67. The molecule has 0 fully saturated rings. The van der Waals surface area contributed by atoms with E-state index in [1.165, 1.54) is 25.1 Å². The van der Waals surface area contributed by atoms with Crippen molar-refractivity contribution in [2.45, 2.75) is 25.6 Å². The van der Waals surface area contributed by atoms with Gasteiger partial charge < -0.3 is 20.6 Å². The van der Waals surface area contributed by atoms with E-state index in [0.717, 1.165) is 0 Å². The van der Waals surface area contributed by atoms with Crippen molar-refractivity contribution >= 4 is 12.2 Å². The largest absolute Gasteiger partial charge is 0.507 e. The second kappa shape index (κ2) is 6.86. The van der Waals surface area contributed by atoms with Crippen LogP contribution in [0.1, 0.15) is 35.4 Å². The van der Waals surface area contributed by atoms with Crippen molar-refractivity contribution in [3.8, 4) is 5.75 Å². The van der Waals surface area contributed by atoms with E-state index < -0.39 is 12.2 Å². The Bertz CT molecular complexity index is 460. The number of phenolic OH excluding ortho intramolecular Hbond substituents is 1. The highest BCUT2D eigenvalue weighted by Gasteiger charge is 2.22. The predicted octanol–water partition coefficient (Wildman–Crippen LogP) is 0.125. The van der Waals surface area contributed by atoms with Gasteiger partial charge in [-0.2, -0.15) is 0 Å². The molecule has 6 nitrogen and oxygen atoms in total. The number of phenols is 1. The van der Waals surface area contributed by atoms with Crippen LogP contribution in [0.25, 0.3) is 0 Å². The van der Waals surface area contributed by atoms with Gasteiger partial charge in [-0.15, -0.1) is 0 Å². The molecule has 0 saturated heterocycles. The minimum Gasteiger partial charge on any atom is -0.507 e. The van der Waals surface area contributed by atoms with Gasteiger partial charge in [-0.25, -0.2) is 0 Å². The molecule has 2 atom stereocenters. The van der Waals surface area contributed by atoms with E-state index in [2.05, 4.69) is 5.32 Å². The molecule has 0 bridgehead atoms. The average molecular weight is 267 g/mol. The average Bonchev–Trinajstić information content (AvgIpc) is 2.37. The van der Waals surface area contributed by atoms with Crippen molar-refractivity contribution in [1.29, 1.82) is 0 Å². The highest BCUT2D eigenvalue weighted by molar-refractivity contribution is 5.80. The monoisotopic (exact) mass is 267 g/mol. The summed E-state index contributed by atoms with van der Waals surface area (Å²) in [5.41, 5.74) is 0.130. The Labute approximate surface area is 110 Å². The molecule has 1 aromatic rings. The van der Waals surface area contributed by atoms with Crippen molar-refractivity contribution in [2.75, 3.05) is 6.54 Å². The standard InChI is InChI=1S/C13H17NO5/c1-8(16)14-6-5-11(17)13(19)10-4-2-3-9(7-15)12(10)18/h2-4,7,11,13,17-19H,5-6H2,1H3,(H,14,16). The Morgan fingerprint density at radius 3 is 2.68 bits per heavy atom. The van der Waals surface area contributed by atoms with Crippen LogP contribution in [0.3, 0.4) is 0 Å². The van der Waals surface area contributed by atoms with Gasteiger partial charge in [-0.1, -0.05) is 12.1 Å². The summed E-state index contributed by atoms with van der Waals surface area (Å²) in [5, 5.41) is 31.9. The number of carbonyl (C=O) groups excluding carboxylic acids is 2. The molecule has 0 heterocycles. The van der Waals surface area contributed by atoms with Crippen LogP contribution in [0.4, 0.5) is 0 Å². The molecule has 2 unspecified atom stereocenters. The Balaban J connectivity index is 2.73. The minimum atomic E-state index is -1.33. The molecule has 104 valence electrons. The van der Waals surface area contributed by atoms with Crippen molar-refractivity contribution in [1.82, 2.24) is 5.32 Å². The van der Waals surface area contributed by atoms with Gasteiger partial charge in [0.2, 0.25) is 5.91 Å². The quantitative estimate of drug-likeness (QED) is 0.548. The summed E-state index contributed by atoms with van der Waals surface area (Å²) in [6.07, 6.45) is -1.88. The second-order valence-electron chi connectivity index (χ2n) is 4.19. The summed E-state index contributed by atoms with van der Waals surface area (Å²) in [6, 6.07) is 4.33. The molecule has 0 aliphatic carbocycles. The summed E-state index contributed by atoms with van der Waals surface area (Å²) in [6.45, 7) is 1.56. The number of rotatable bonds is 6. The lowest BCUT2D eigenvalue weighted by Crippen LogP contribution is -2.27. The van der Waals surface area contributed by atoms with Crippen molar-refractivity contribution in [3.05, 3.63) is 29.3 Å². The number of carbonyl (C=O) groups is 2. The zero-order chi connectivity index (χ0) is 14.4. The van der Waals surface area contributed by atoms with Crippen LogP contribution >= 0.6 is 0 Å². The van der Waals surface area contributed by atoms with E-state index in [1.54, 1.807) is 0 Å². The molecule has 0 spiro atoms. The third-order valence-corrected chi connectivity index (χ3v) is 2.72. The Morgan fingerprint density at radius 1 is 1.42 bits per heavy atom. The number of amides is 1. The molecule has 0 aromatic heterocycles. The predicted molar refractivity (Wildman–Crippen MR) is 67.8 cm³/mol. The fourth-order valence-electron chi connectivity index (χ4n) is 1.67. The summed E-state index contributed by atoms with van der Waals surface area (Å²) in [7, 11) is 0. The fraction of sp³-hybridized carbons (Fsp3) is 0.385. The number of hydrogen-bond acceptors (Lipinski definition) is 5. The number of aldehydes is 1. The van der Waals surface area contributed by atoms with Crippen LogP contribution in [-0.2, 0) is 4.79 Å². The SMILES string of the molecule is CC(=O)NCCC(O)C(O)c1cccc(C=O)c1O. The first-order chi connectivity index (χ1) is 8.97. The third kappa shape index (κ3) is 4.04. The normalized spacial score (nSPS) is 13.6. The maximum absolute atomic E-state index is 10.7. The van der Waals surface area contributed by atoms with Gasteiger partial charge in [0.25, 0.3) is 0 Å². The van der Waals surface area contributed by atoms with Crippen LogP contribution in [-0.4, -0.2) is 40.2 Å². The first-order valence-electron chi connectivity index (χ1n) is 5.85. The molecular weight excluding hydrogens is 250 g/mol. The summed E-state index contributed by atoms with van der Waals surface area (Å²) >= 11 is 0. The molecule has 4 N–H and O–H groups in total. The van der Waals surface area contributed by atoms with Crippen LogP contribution in [0, 0.1) is 0 Å². The molecule has 0 aliphatic rings. The lowest BCUT2D eigenvalue weighted by molar-refractivity contribution is -0.119. The number of nitrogens with one attached hydrogen (secondary N) is 1. The highest BCUT2D eigenvalue weighted by Crippen LogP contribution is 2.29. The topological polar surface area (TPSA) is 107 Å². The zero-order valence-corrected chi connectivity index (χ0v) is 10.5. The van der Waals surface area contributed by atoms with Crippen molar-refractivity contribution in [2.24, 2.45) is 0 Å². The maximum Gasteiger partial charge on any atom is 0.216 e. The van der Waals surface area contributed by atoms with E-state index in [4.69, 9.17) is 0 Å². The first kappa shape index (κ1) is 15.1. The van der Waals surface area contributed by atoms with Crippen molar-refractivity contribution in [3.63, 3.8) is 0 Å². The number of para-hydroxylation sites is 1. The van der Waals surface area contributed by atoms with E-state index in [-0.39, 0.29) is 35.7 Å². The van der Waals surface area contributed by atoms with E-state index >= 15 is 0 Å². The lowest BCUT2D eigenvalue weighted by Gasteiger charge is -2.19. The molecule has 19 heavy (non-hydrogen) atoms. The van der Waals surface area contributed by atoms with E-state index in [9.17, 15) is 24.9 Å². The maximum atomic E-state index is 10.7. The summed E-state index contributed by atoms with van der Waals surface area (Å²) < 4.78 is 0. The first-order valence-corrected chi connectivity index (χ1v) is 5.85. The van der Waals surface area contributed by atoms with Crippen LogP contribution in [0.15, 0.2) is 18.2 Å². The van der Waals surface area contributed by atoms with Gasteiger partial charge in [0.1, 0.15) is 11.9 Å². The number of aromatic hydroxyl groups is 1. The van der Waals surface area contributed by atoms with Gasteiger partial charge in [0.15, 0.2) is 6.29 Å². The second-order valence-corrected chi connectivity index (χ2v) is 4.19. The van der Waals surface area contributed by atoms with E-state index in [1.807, 2.05) is 0 Å². The van der Waals surface area contributed by atoms with E-state index in [0.29, 0.717) is 6.29 Å². The molecule has 0 radical (unpaired) electrons. The number of aliphatic hydroxyl groups excluding tert-OH is 2. The minimum absolute atomic E-state index is 0.0469. The summed E-state index contributed by atoms with van der Waals surface area (Å²) in [4.78, 5) is 21.3. The van der Waals surface area contributed by atoms with Gasteiger partial charge in [0, 0.05) is 19.0 Å². The molecule has 0 aliphatic heterocycles. The van der Waals surface area contributed by atoms with Gasteiger partial charge >= 0.3 is 0 Å². The molecule has 0 saturated carbocycles. The molecule has 1 aromatic carbocycles. The third-order valence-electron chi connectivity index (χ3n) is 2.72. The molecule has 1 amide bonds. The zero-order valence-electron chi connectivity index (χ0n) is 10.5. The van der Waals surface area contributed by atoms with Gasteiger partial charge in [-0.3, -0.25) is 9.59 Å². The van der Waals surface area contributed by atoms with Gasteiger partial charge in [0.05, 0.1) is 11.7 Å². The Kier molecular flexibility index (Phi) is 5.47. The Hall–Kier alpha value is -1.92. The lowest BCUT2D eigenvalue weighted by atomic mass is 9.99. The van der Waals surface area contributed by atoms with Crippen LogP contribution in [0.2, 0.25) is 0 Å². The highest BCUT2D eigenvalue weighted by atomic mass is 16.3. The van der Waals surface area contributed by atoms with Crippen LogP contribution in [0.5, 0.6) is 5.75 Å². The molecular formula is C13H17NO5. The number of benzene rings is 1. The Morgan fingerprint density at radius 2 is 2.11 bits per heavy atom. The molecule has 6 heteroatoms.